The number of methoxy groups -OCH3 is 2. The zero-order valence-corrected chi connectivity index (χ0v) is 14.5. The molecule has 1 rings (SSSR count). The quantitative estimate of drug-likeness (QED) is 0.554. The van der Waals surface area contributed by atoms with Crippen LogP contribution in [-0.4, -0.2) is 45.3 Å². The van der Waals surface area contributed by atoms with Crippen LogP contribution in [0.3, 0.4) is 0 Å². The summed E-state index contributed by atoms with van der Waals surface area (Å²) < 4.78 is 15.3. The van der Waals surface area contributed by atoms with Crippen LogP contribution in [0.15, 0.2) is 18.2 Å². The summed E-state index contributed by atoms with van der Waals surface area (Å²) in [6.07, 6.45) is -0.0739. The van der Waals surface area contributed by atoms with Crippen LogP contribution in [0.4, 0.5) is 4.79 Å². The van der Waals surface area contributed by atoms with Gasteiger partial charge in [0.15, 0.2) is 6.61 Å². The number of rotatable bonds is 9. The van der Waals surface area contributed by atoms with Gasteiger partial charge in [-0.1, -0.05) is 0 Å². The highest BCUT2D eigenvalue weighted by Crippen LogP contribution is 2.29. The molecule has 9 heteroatoms. The van der Waals surface area contributed by atoms with E-state index in [1.807, 2.05) is 0 Å². The van der Waals surface area contributed by atoms with Crippen molar-refractivity contribution in [1.29, 1.82) is 0 Å². The third-order valence-electron chi connectivity index (χ3n) is 3.27. The van der Waals surface area contributed by atoms with E-state index in [1.54, 1.807) is 32.2 Å². The molecule has 3 amide bonds. The predicted octanol–water partition coefficient (Wildman–Crippen LogP) is 0.483. The first-order valence-corrected chi connectivity index (χ1v) is 7.57. The lowest BCUT2D eigenvalue weighted by atomic mass is 10.1. The van der Waals surface area contributed by atoms with E-state index < -0.39 is 24.5 Å². The van der Waals surface area contributed by atoms with Crippen LogP contribution >= 0.6 is 0 Å². The number of nitrogens with two attached hydrogens (primary N) is 1. The molecule has 0 bridgehead atoms. The fourth-order valence-corrected chi connectivity index (χ4v) is 2.04. The first-order valence-electron chi connectivity index (χ1n) is 7.57. The summed E-state index contributed by atoms with van der Waals surface area (Å²) in [7, 11) is 3.07. The largest absolute Gasteiger partial charge is 0.497 e. The molecule has 1 aromatic carbocycles. The number of hydrogen-bond donors (Lipinski definition) is 3. The van der Waals surface area contributed by atoms with Crippen LogP contribution < -0.4 is 25.8 Å². The van der Waals surface area contributed by atoms with Gasteiger partial charge in [0.2, 0.25) is 0 Å². The Hall–Kier alpha value is -2.97. The summed E-state index contributed by atoms with van der Waals surface area (Å²) in [5.41, 5.74) is 5.60. The number of urea groups is 1. The van der Waals surface area contributed by atoms with Gasteiger partial charge in [-0.3, -0.25) is 9.59 Å². The molecule has 1 aromatic rings. The van der Waals surface area contributed by atoms with Gasteiger partial charge in [0.1, 0.15) is 11.5 Å². The van der Waals surface area contributed by atoms with Crippen molar-refractivity contribution in [2.45, 2.75) is 19.4 Å². The minimum Gasteiger partial charge on any atom is -0.497 e. The normalized spacial score (nSPS) is 11.2. The second-order valence-electron chi connectivity index (χ2n) is 5.10. The fraction of sp³-hybridized carbons (Fsp3) is 0.438. The van der Waals surface area contributed by atoms with Gasteiger partial charge in [0.05, 0.1) is 26.7 Å². The maximum Gasteiger partial charge on any atom is 0.312 e. The average Bonchev–Trinajstić information content (AvgIpc) is 2.58. The Morgan fingerprint density at radius 1 is 1.20 bits per heavy atom. The molecule has 0 aliphatic heterocycles. The van der Waals surface area contributed by atoms with Crippen molar-refractivity contribution < 1.29 is 28.6 Å². The Kier molecular flexibility index (Phi) is 8.04. The number of amides is 3. The lowest BCUT2D eigenvalue weighted by Crippen LogP contribution is -2.33. The summed E-state index contributed by atoms with van der Waals surface area (Å²) in [6, 6.07) is 4.13. The summed E-state index contributed by atoms with van der Waals surface area (Å²) in [5, 5.41) is 4.96. The molecule has 0 saturated carbocycles. The van der Waals surface area contributed by atoms with Gasteiger partial charge < -0.3 is 30.6 Å². The zero-order chi connectivity index (χ0) is 18.8. The number of benzene rings is 1. The van der Waals surface area contributed by atoms with Crippen LogP contribution in [0.1, 0.15) is 24.9 Å². The highest BCUT2D eigenvalue weighted by molar-refractivity contribution is 5.81. The van der Waals surface area contributed by atoms with E-state index in [4.69, 9.17) is 19.9 Å². The number of carbonyl (C=O) groups excluding carboxylic acids is 3. The number of nitrogens with one attached hydrogen (secondary N) is 2. The highest BCUT2D eigenvalue weighted by Gasteiger charge is 2.16. The zero-order valence-electron chi connectivity index (χ0n) is 14.5. The van der Waals surface area contributed by atoms with Gasteiger partial charge in [0.25, 0.3) is 5.91 Å². The van der Waals surface area contributed by atoms with Crippen LogP contribution in [0, 0.1) is 0 Å². The Balaban J connectivity index is 2.51. The van der Waals surface area contributed by atoms with Crippen molar-refractivity contribution >= 4 is 17.9 Å². The molecule has 0 aliphatic rings. The molecule has 25 heavy (non-hydrogen) atoms. The molecule has 0 aromatic heterocycles. The number of carbonyl (C=O) groups is 3. The summed E-state index contributed by atoms with van der Waals surface area (Å²) >= 11 is 0. The minimum atomic E-state index is -0.730. The van der Waals surface area contributed by atoms with E-state index in [2.05, 4.69) is 10.6 Å². The van der Waals surface area contributed by atoms with Crippen molar-refractivity contribution in [3.8, 4) is 11.5 Å². The van der Waals surface area contributed by atoms with E-state index in [-0.39, 0.29) is 19.0 Å². The Bertz CT molecular complexity index is 620. The third-order valence-corrected chi connectivity index (χ3v) is 3.27. The van der Waals surface area contributed by atoms with Crippen molar-refractivity contribution in [2.75, 3.05) is 27.4 Å². The molecule has 9 nitrogen and oxygen atoms in total. The van der Waals surface area contributed by atoms with Crippen LogP contribution in [0.5, 0.6) is 11.5 Å². The highest BCUT2D eigenvalue weighted by atomic mass is 16.5. The van der Waals surface area contributed by atoms with Crippen LogP contribution in [-0.2, 0) is 14.3 Å². The molecule has 0 spiro atoms. The molecule has 4 N–H and O–H groups in total. The number of primary amides is 1. The van der Waals surface area contributed by atoms with Gasteiger partial charge >= 0.3 is 12.0 Å². The SMILES string of the molecule is COc1ccc(OC)c([C@H](C)NC(=O)COC(=O)CCNC(N)=O)c1. The van der Waals surface area contributed by atoms with Gasteiger partial charge in [-0.05, 0) is 25.1 Å². The second-order valence-corrected chi connectivity index (χ2v) is 5.10. The number of ether oxygens (including phenoxy) is 3. The van der Waals surface area contributed by atoms with Gasteiger partial charge in [0, 0.05) is 12.1 Å². The van der Waals surface area contributed by atoms with E-state index >= 15 is 0 Å². The average molecular weight is 353 g/mol. The van der Waals surface area contributed by atoms with Gasteiger partial charge in [-0.15, -0.1) is 0 Å². The molecular weight excluding hydrogens is 330 g/mol. The van der Waals surface area contributed by atoms with Crippen molar-refractivity contribution in [3.63, 3.8) is 0 Å². The van der Waals surface area contributed by atoms with Crippen molar-refractivity contribution in [1.82, 2.24) is 10.6 Å². The first-order chi connectivity index (χ1) is 11.9. The monoisotopic (exact) mass is 353 g/mol. The van der Waals surface area contributed by atoms with Gasteiger partial charge in [-0.2, -0.15) is 0 Å². The van der Waals surface area contributed by atoms with E-state index in [0.29, 0.717) is 11.5 Å². The molecule has 0 radical (unpaired) electrons. The summed E-state index contributed by atoms with van der Waals surface area (Å²) in [5.74, 6) is 0.150. The lowest BCUT2D eigenvalue weighted by molar-refractivity contribution is -0.148. The van der Waals surface area contributed by atoms with Crippen LogP contribution in [0.25, 0.3) is 0 Å². The summed E-state index contributed by atoms with van der Waals surface area (Å²) in [4.78, 5) is 33.8. The van der Waals surface area contributed by atoms with E-state index in [1.165, 1.54) is 7.11 Å². The second kappa shape index (κ2) is 10.0. The molecule has 0 saturated heterocycles. The Morgan fingerprint density at radius 3 is 2.52 bits per heavy atom. The Morgan fingerprint density at radius 2 is 1.92 bits per heavy atom. The van der Waals surface area contributed by atoms with Gasteiger partial charge in [-0.25, -0.2) is 4.79 Å². The molecule has 0 unspecified atom stereocenters. The maximum atomic E-state index is 11.9. The van der Waals surface area contributed by atoms with Crippen molar-refractivity contribution in [2.24, 2.45) is 5.73 Å². The maximum absolute atomic E-state index is 11.9. The van der Waals surface area contributed by atoms with Crippen LogP contribution in [0.2, 0.25) is 0 Å². The van der Waals surface area contributed by atoms with Crippen molar-refractivity contribution in [3.05, 3.63) is 23.8 Å². The standard InChI is InChI=1S/C16H23N3O6/c1-10(12-8-11(23-2)4-5-13(12)24-3)19-14(20)9-25-15(21)6-7-18-16(17)22/h4-5,8,10H,6-7,9H2,1-3H3,(H,19,20)(H3,17,18,22)/t10-/m0/s1. The number of esters is 1. The molecule has 0 heterocycles. The Labute approximate surface area is 145 Å². The summed E-state index contributed by atoms with van der Waals surface area (Å²) in [6.45, 7) is 1.40. The molecule has 0 fully saturated rings. The van der Waals surface area contributed by atoms with E-state index in [0.717, 1.165) is 5.56 Å². The molecule has 1 atom stereocenters. The number of hydrogen-bond acceptors (Lipinski definition) is 6. The molecular formula is C16H23N3O6. The fourth-order valence-electron chi connectivity index (χ4n) is 2.04. The predicted molar refractivity (Wildman–Crippen MR) is 89.3 cm³/mol. The molecule has 0 aliphatic carbocycles. The minimum absolute atomic E-state index is 0.0488. The smallest absolute Gasteiger partial charge is 0.312 e. The topological polar surface area (TPSA) is 129 Å². The third kappa shape index (κ3) is 6.98. The lowest BCUT2D eigenvalue weighted by Gasteiger charge is -2.18. The molecule has 138 valence electrons. The first kappa shape index (κ1) is 20.1. The van der Waals surface area contributed by atoms with E-state index in [9.17, 15) is 14.4 Å².